The molecule has 0 aromatic rings. The second kappa shape index (κ2) is 5.63. The van der Waals surface area contributed by atoms with Crippen LogP contribution in [0.2, 0.25) is 0 Å². The van der Waals surface area contributed by atoms with E-state index in [0.29, 0.717) is 5.75 Å². The molecule has 0 bridgehead atoms. The minimum atomic E-state index is -2.83. The lowest BCUT2D eigenvalue weighted by molar-refractivity contribution is 0.559. The molecular formula is C10H22O2S. The molecule has 0 radical (unpaired) electrons. The van der Waals surface area contributed by atoms with Gasteiger partial charge in [0, 0.05) is 0 Å². The Balaban J connectivity index is 4.12. The van der Waals surface area contributed by atoms with Crippen LogP contribution < -0.4 is 0 Å². The lowest BCUT2D eigenvalue weighted by atomic mass is 10.2. The van der Waals surface area contributed by atoms with Crippen LogP contribution in [0.4, 0.5) is 0 Å². The Labute approximate surface area is 82.6 Å². The highest BCUT2D eigenvalue weighted by Crippen LogP contribution is 2.13. The van der Waals surface area contributed by atoms with Crippen LogP contribution in [0.15, 0.2) is 0 Å². The van der Waals surface area contributed by atoms with Gasteiger partial charge in [-0.05, 0) is 19.3 Å². The predicted octanol–water partition coefficient (Wildman–Crippen LogP) is 2.64. The molecule has 2 nitrogen and oxygen atoms in total. The van der Waals surface area contributed by atoms with E-state index >= 15 is 0 Å². The van der Waals surface area contributed by atoms with Gasteiger partial charge in [0.25, 0.3) is 0 Å². The summed E-state index contributed by atoms with van der Waals surface area (Å²) in [6.45, 7) is 7.81. The highest BCUT2D eigenvalue weighted by molar-refractivity contribution is 7.92. The van der Waals surface area contributed by atoms with Gasteiger partial charge < -0.3 is 0 Å². The molecule has 1 unspecified atom stereocenters. The molecule has 0 aromatic heterocycles. The first kappa shape index (κ1) is 12.9. The van der Waals surface area contributed by atoms with Crippen molar-refractivity contribution in [3.05, 3.63) is 0 Å². The molecule has 0 spiro atoms. The minimum Gasteiger partial charge on any atom is -0.229 e. The monoisotopic (exact) mass is 206 g/mol. The van der Waals surface area contributed by atoms with E-state index < -0.39 is 9.84 Å². The summed E-state index contributed by atoms with van der Waals surface area (Å²) in [4.78, 5) is 0. The number of hydrogen-bond acceptors (Lipinski definition) is 2. The molecule has 0 aliphatic carbocycles. The van der Waals surface area contributed by atoms with Crippen LogP contribution in [0.1, 0.15) is 47.0 Å². The van der Waals surface area contributed by atoms with Crippen LogP contribution in [-0.2, 0) is 9.84 Å². The van der Waals surface area contributed by atoms with Gasteiger partial charge >= 0.3 is 0 Å². The third kappa shape index (κ3) is 5.29. The van der Waals surface area contributed by atoms with Crippen molar-refractivity contribution in [3.8, 4) is 0 Å². The number of hydrogen-bond donors (Lipinski definition) is 0. The summed E-state index contributed by atoms with van der Waals surface area (Å²) in [7, 11) is -2.83. The van der Waals surface area contributed by atoms with Crippen molar-refractivity contribution >= 4 is 9.84 Å². The zero-order chi connectivity index (χ0) is 10.5. The summed E-state index contributed by atoms with van der Waals surface area (Å²) in [5.41, 5.74) is 0. The van der Waals surface area contributed by atoms with Crippen molar-refractivity contribution < 1.29 is 8.42 Å². The summed E-state index contributed by atoms with van der Waals surface area (Å²) in [5, 5.41) is -0.158. The number of rotatable bonds is 6. The van der Waals surface area contributed by atoms with Crippen LogP contribution in [-0.4, -0.2) is 19.4 Å². The highest BCUT2D eigenvalue weighted by atomic mass is 32.2. The zero-order valence-electron chi connectivity index (χ0n) is 9.21. The standard InChI is InChI=1S/C10H22O2S/c1-5-6-7-10(4)13(11,12)8-9(2)3/h9-10H,5-8H2,1-4H3. The Morgan fingerprint density at radius 1 is 1.15 bits per heavy atom. The van der Waals surface area contributed by atoms with Crippen molar-refractivity contribution in [2.45, 2.75) is 52.2 Å². The van der Waals surface area contributed by atoms with Crippen LogP contribution in [0.5, 0.6) is 0 Å². The number of sulfone groups is 1. The Morgan fingerprint density at radius 3 is 2.08 bits per heavy atom. The van der Waals surface area contributed by atoms with E-state index in [9.17, 15) is 8.42 Å². The molecule has 0 N–H and O–H groups in total. The molecule has 0 aliphatic rings. The lowest BCUT2D eigenvalue weighted by Crippen LogP contribution is -2.23. The topological polar surface area (TPSA) is 34.1 Å². The normalized spacial score (nSPS) is 14.8. The Kier molecular flexibility index (Phi) is 5.61. The summed E-state index contributed by atoms with van der Waals surface area (Å²) in [6, 6.07) is 0. The molecule has 0 aromatic carbocycles. The van der Waals surface area contributed by atoms with Gasteiger partial charge in [-0.3, -0.25) is 0 Å². The second-order valence-corrected chi connectivity index (χ2v) is 6.64. The van der Waals surface area contributed by atoms with Gasteiger partial charge in [0.1, 0.15) is 0 Å². The third-order valence-electron chi connectivity index (χ3n) is 2.14. The lowest BCUT2D eigenvalue weighted by Gasteiger charge is -2.13. The predicted molar refractivity (Wildman–Crippen MR) is 57.6 cm³/mol. The zero-order valence-corrected chi connectivity index (χ0v) is 10.0. The van der Waals surface area contributed by atoms with Crippen LogP contribution in [0.25, 0.3) is 0 Å². The van der Waals surface area contributed by atoms with E-state index in [0.717, 1.165) is 19.3 Å². The van der Waals surface area contributed by atoms with E-state index in [1.807, 2.05) is 20.8 Å². The average molecular weight is 206 g/mol. The largest absolute Gasteiger partial charge is 0.229 e. The fraction of sp³-hybridized carbons (Fsp3) is 1.00. The Bertz CT molecular complexity index is 217. The first-order valence-corrected chi connectivity index (χ1v) is 6.83. The first-order chi connectivity index (χ1) is 5.90. The molecule has 0 saturated heterocycles. The molecule has 80 valence electrons. The van der Waals surface area contributed by atoms with Crippen LogP contribution in [0.3, 0.4) is 0 Å². The Hall–Kier alpha value is -0.0500. The maximum Gasteiger partial charge on any atom is 0.153 e. The molecule has 13 heavy (non-hydrogen) atoms. The van der Waals surface area contributed by atoms with Crippen LogP contribution in [0, 0.1) is 5.92 Å². The van der Waals surface area contributed by atoms with Gasteiger partial charge in [-0.25, -0.2) is 8.42 Å². The van der Waals surface area contributed by atoms with E-state index in [4.69, 9.17) is 0 Å². The van der Waals surface area contributed by atoms with Gasteiger partial charge in [0.2, 0.25) is 0 Å². The molecule has 1 atom stereocenters. The maximum atomic E-state index is 11.6. The van der Waals surface area contributed by atoms with Gasteiger partial charge in [0.05, 0.1) is 11.0 Å². The van der Waals surface area contributed by atoms with Gasteiger partial charge in [-0.1, -0.05) is 33.6 Å². The first-order valence-electron chi connectivity index (χ1n) is 5.11. The van der Waals surface area contributed by atoms with E-state index in [1.165, 1.54) is 0 Å². The summed E-state index contributed by atoms with van der Waals surface area (Å²) in [5.74, 6) is 0.576. The summed E-state index contributed by atoms with van der Waals surface area (Å²) in [6.07, 6.45) is 2.89. The van der Waals surface area contributed by atoms with Gasteiger partial charge in [-0.15, -0.1) is 0 Å². The molecule has 0 aliphatic heterocycles. The fourth-order valence-electron chi connectivity index (χ4n) is 1.30. The Morgan fingerprint density at radius 2 is 1.69 bits per heavy atom. The SMILES string of the molecule is CCCCC(C)S(=O)(=O)CC(C)C. The van der Waals surface area contributed by atoms with Crippen molar-refractivity contribution in [2.75, 3.05) is 5.75 Å². The number of unbranched alkanes of at least 4 members (excludes halogenated alkanes) is 1. The smallest absolute Gasteiger partial charge is 0.153 e. The minimum absolute atomic E-state index is 0.158. The molecule has 0 rings (SSSR count). The molecule has 3 heteroatoms. The summed E-state index contributed by atoms with van der Waals surface area (Å²) < 4.78 is 23.3. The second-order valence-electron chi connectivity index (χ2n) is 4.18. The van der Waals surface area contributed by atoms with Crippen molar-refractivity contribution in [1.82, 2.24) is 0 Å². The van der Waals surface area contributed by atoms with E-state index in [1.54, 1.807) is 0 Å². The fourth-order valence-corrected chi connectivity index (χ4v) is 3.08. The maximum absolute atomic E-state index is 11.6. The highest BCUT2D eigenvalue weighted by Gasteiger charge is 2.20. The van der Waals surface area contributed by atoms with E-state index in [2.05, 4.69) is 6.92 Å². The van der Waals surface area contributed by atoms with Crippen molar-refractivity contribution in [1.29, 1.82) is 0 Å². The molecule has 0 amide bonds. The molecule has 0 saturated carbocycles. The van der Waals surface area contributed by atoms with Crippen molar-refractivity contribution in [3.63, 3.8) is 0 Å². The molecule has 0 heterocycles. The average Bonchev–Trinajstić information content (AvgIpc) is 1.97. The van der Waals surface area contributed by atoms with Gasteiger partial charge in [-0.2, -0.15) is 0 Å². The van der Waals surface area contributed by atoms with Crippen molar-refractivity contribution in [2.24, 2.45) is 5.92 Å². The third-order valence-corrected chi connectivity index (χ3v) is 4.74. The van der Waals surface area contributed by atoms with E-state index in [-0.39, 0.29) is 11.2 Å². The summed E-state index contributed by atoms with van der Waals surface area (Å²) >= 11 is 0. The molecule has 0 fully saturated rings. The van der Waals surface area contributed by atoms with Gasteiger partial charge in [0.15, 0.2) is 9.84 Å². The quantitative estimate of drug-likeness (QED) is 0.669. The van der Waals surface area contributed by atoms with Crippen LogP contribution >= 0.6 is 0 Å². The molecular weight excluding hydrogens is 184 g/mol.